The van der Waals surface area contributed by atoms with E-state index < -0.39 is 0 Å². The summed E-state index contributed by atoms with van der Waals surface area (Å²) in [6, 6.07) is 10.7. The summed E-state index contributed by atoms with van der Waals surface area (Å²) in [5.41, 5.74) is 0.642. The van der Waals surface area contributed by atoms with E-state index >= 15 is 0 Å². The Hall–Kier alpha value is -2.30. The van der Waals surface area contributed by atoms with E-state index in [4.69, 9.17) is 35.5 Å². The third-order valence-electron chi connectivity index (χ3n) is 5.35. The Morgan fingerprint density at radius 2 is 1.94 bits per heavy atom. The predicted octanol–water partition coefficient (Wildman–Crippen LogP) is 4.13. The summed E-state index contributed by atoms with van der Waals surface area (Å²) in [5.74, 6) is 1.65. The molecule has 1 aromatic heterocycles. The fraction of sp³-hybridized carbons (Fsp3) is 0.391. The second-order valence-electron chi connectivity index (χ2n) is 7.39. The maximum Gasteiger partial charge on any atom is 0.266 e. The number of hydrogen-bond donors (Lipinski definition) is 0. The first kappa shape index (κ1) is 26.3. The molecule has 0 N–H and O–H groups in total. The summed E-state index contributed by atoms with van der Waals surface area (Å²) in [5, 5.41) is 1.13. The molecular weight excluding hydrogens is 501 g/mol. The van der Waals surface area contributed by atoms with Crippen LogP contribution in [-0.2, 0) is 9.53 Å². The fourth-order valence-corrected chi connectivity index (χ4v) is 4.83. The molecular formula is C23H27Cl2N3O5S. The molecule has 0 unspecified atom stereocenters. The van der Waals surface area contributed by atoms with Crippen LogP contribution in [0.15, 0.2) is 36.4 Å². The number of nitrogens with zero attached hydrogens (tertiary/aromatic N) is 3. The monoisotopic (exact) mass is 527 g/mol. The van der Waals surface area contributed by atoms with Crippen LogP contribution < -0.4 is 19.1 Å². The number of carbonyl (C=O) groups excluding carboxylic acids is 1. The standard InChI is InChI=1S/C23H26ClN3O5S.ClH/c1-29-16-4-3-5-17(14-16)32-15-20(28)27(9-8-26-10-12-31-13-11-26)23-25-21-19(30-2)7-6-18(24)22(21)33-23;/h3-7,14H,8-13,15H2,1-2H3;1H. The van der Waals surface area contributed by atoms with Gasteiger partial charge in [0.2, 0.25) is 0 Å². The summed E-state index contributed by atoms with van der Waals surface area (Å²) in [6.07, 6.45) is 0. The zero-order valence-corrected chi connectivity index (χ0v) is 21.4. The number of aromatic nitrogens is 1. The van der Waals surface area contributed by atoms with Gasteiger partial charge in [-0.2, -0.15) is 0 Å². The van der Waals surface area contributed by atoms with Crippen molar-refractivity contribution >= 4 is 56.6 Å². The molecule has 1 aliphatic rings. The highest BCUT2D eigenvalue weighted by Gasteiger charge is 2.24. The molecule has 0 spiro atoms. The lowest BCUT2D eigenvalue weighted by atomic mass is 10.3. The van der Waals surface area contributed by atoms with Crippen molar-refractivity contribution in [2.75, 3.05) is 65.1 Å². The van der Waals surface area contributed by atoms with Crippen LogP contribution >= 0.6 is 35.3 Å². The summed E-state index contributed by atoms with van der Waals surface area (Å²) in [6.45, 7) is 4.11. The number of morpholine rings is 1. The van der Waals surface area contributed by atoms with E-state index in [0.717, 1.165) is 17.8 Å². The van der Waals surface area contributed by atoms with Gasteiger partial charge in [-0.3, -0.25) is 14.6 Å². The first-order valence-corrected chi connectivity index (χ1v) is 11.8. The average Bonchev–Trinajstić information content (AvgIpc) is 3.30. The SMILES string of the molecule is COc1cccc(OCC(=O)N(CCN2CCOCC2)c2nc3c(OC)ccc(Cl)c3s2)c1.Cl. The number of amides is 1. The number of halogens is 2. The molecule has 0 atom stereocenters. The molecule has 4 rings (SSSR count). The minimum Gasteiger partial charge on any atom is -0.497 e. The van der Waals surface area contributed by atoms with E-state index in [-0.39, 0.29) is 24.9 Å². The molecule has 0 bridgehead atoms. The molecule has 0 saturated carbocycles. The van der Waals surface area contributed by atoms with Gasteiger partial charge in [-0.1, -0.05) is 29.0 Å². The number of anilines is 1. The first-order valence-electron chi connectivity index (χ1n) is 10.6. The number of methoxy groups -OCH3 is 2. The Kier molecular flexibility index (Phi) is 9.61. The molecule has 2 heterocycles. The van der Waals surface area contributed by atoms with E-state index in [2.05, 4.69) is 4.90 Å². The van der Waals surface area contributed by atoms with Crippen molar-refractivity contribution < 1.29 is 23.7 Å². The van der Waals surface area contributed by atoms with Gasteiger partial charge in [0.1, 0.15) is 22.8 Å². The van der Waals surface area contributed by atoms with Crippen LogP contribution in [0.2, 0.25) is 5.02 Å². The van der Waals surface area contributed by atoms with Crippen molar-refractivity contribution in [3.8, 4) is 17.2 Å². The van der Waals surface area contributed by atoms with E-state index in [9.17, 15) is 4.79 Å². The molecule has 1 fully saturated rings. The number of rotatable bonds is 9. The number of benzene rings is 2. The van der Waals surface area contributed by atoms with Gasteiger partial charge in [-0.15, -0.1) is 12.4 Å². The molecule has 1 saturated heterocycles. The Bertz CT molecular complexity index is 1110. The van der Waals surface area contributed by atoms with Gasteiger partial charge >= 0.3 is 0 Å². The number of fused-ring (bicyclic) bond motifs is 1. The van der Waals surface area contributed by atoms with Gasteiger partial charge in [-0.25, -0.2) is 4.98 Å². The zero-order valence-electron chi connectivity index (χ0n) is 19.0. The van der Waals surface area contributed by atoms with E-state index in [1.165, 1.54) is 11.3 Å². The van der Waals surface area contributed by atoms with Gasteiger partial charge in [-0.05, 0) is 24.3 Å². The summed E-state index contributed by atoms with van der Waals surface area (Å²) in [7, 11) is 3.18. The maximum atomic E-state index is 13.3. The Labute approximate surface area is 213 Å². The zero-order chi connectivity index (χ0) is 23.2. The van der Waals surface area contributed by atoms with Crippen molar-refractivity contribution in [1.29, 1.82) is 0 Å². The van der Waals surface area contributed by atoms with Gasteiger partial charge < -0.3 is 18.9 Å². The Morgan fingerprint density at radius 3 is 2.68 bits per heavy atom. The van der Waals surface area contributed by atoms with Gasteiger partial charge in [0.25, 0.3) is 5.91 Å². The fourth-order valence-electron chi connectivity index (χ4n) is 3.53. The quantitative estimate of drug-likeness (QED) is 0.414. The molecule has 2 aromatic carbocycles. The number of ether oxygens (including phenoxy) is 4. The first-order chi connectivity index (χ1) is 16.1. The lowest BCUT2D eigenvalue weighted by molar-refractivity contribution is -0.120. The smallest absolute Gasteiger partial charge is 0.266 e. The number of thiazole rings is 1. The van der Waals surface area contributed by atoms with Crippen LogP contribution in [0.5, 0.6) is 17.2 Å². The van der Waals surface area contributed by atoms with E-state index in [0.29, 0.717) is 59.2 Å². The van der Waals surface area contributed by atoms with E-state index in [1.54, 1.807) is 43.4 Å². The van der Waals surface area contributed by atoms with Gasteiger partial charge in [0.15, 0.2) is 11.7 Å². The van der Waals surface area contributed by atoms with Crippen molar-refractivity contribution in [3.05, 3.63) is 41.4 Å². The van der Waals surface area contributed by atoms with Crippen molar-refractivity contribution in [1.82, 2.24) is 9.88 Å². The van der Waals surface area contributed by atoms with Gasteiger partial charge in [0, 0.05) is 32.2 Å². The summed E-state index contributed by atoms with van der Waals surface area (Å²) in [4.78, 5) is 21.9. The van der Waals surface area contributed by atoms with Gasteiger partial charge in [0.05, 0.1) is 37.2 Å². The second kappa shape index (κ2) is 12.4. The van der Waals surface area contributed by atoms with Crippen molar-refractivity contribution in [2.45, 2.75) is 0 Å². The van der Waals surface area contributed by atoms with Crippen LogP contribution in [0, 0.1) is 0 Å². The van der Waals surface area contributed by atoms with E-state index in [1.807, 2.05) is 12.1 Å². The third-order valence-corrected chi connectivity index (χ3v) is 6.88. The van der Waals surface area contributed by atoms with Crippen molar-refractivity contribution in [3.63, 3.8) is 0 Å². The predicted molar refractivity (Wildman–Crippen MR) is 137 cm³/mol. The number of hydrogen-bond acceptors (Lipinski definition) is 8. The Balaban J connectivity index is 0.00000324. The summed E-state index contributed by atoms with van der Waals surface area (Å²) >= 11 is 7.77. The second-order valence-corrected chi connectivity index (χ2v) is 8.78. The normalized spacial score (nSPS) is 13.9. The molecule has 0 radical (unpaired) electrons. The molecule has 0 aliphatic carbocycles. The molecule has 1 amide bonds. The highest BCUT2D eigenvalue weighted by Crippen LogP contribution is 2.38. The molecule has 184 valence electrons. The largest absolute Gasteiger partial charge is 0.497 e. The molecule has 3 aromatic rings. The van der Waals surface area contributed by atoms with Crippen molar-refractivity contribution in [2.24, 2.45) is 0 Å². The third kappa shape index (κ3) is 6.22. The minimum absolute atomic E-state index is 0. The highest BCUT2D eigenvalue weighted by molar-refractivity contribution is 7.23. The maximum absolute atomic E-state index is 13.3. The van der Waals surface area contributed by atoms with Crippen LogP contribution in [0.4, 0.5) is 5.13 Å². The topological polar surface area (TPSA) is 73.4 Å². The van der Waals surface area contributed by atoms with Crippen LogP contribution in [-0.4, -0.2) is 76.0 Å². The molecule has 1 aliphatic heterocycles. The molecule has 8 nitrogen and oxygen atoms in total. The average molecular weight is 528 g/mol. The number of carbonyl (C=O) groups is 1. The lowest BCUT2D eigenvalue weighted by Crippen LogP contribution is -2.44. The van der Waals surface area contributed by atoms with Crippen LogP contribution in [0.1, 0.15) is 0 Å². The Morgan fingerprint density at radius 1 is 1.18 bits per heavy atom. The van der Waals surface area contributed by atoms with Crippen LogP contribution in [0.3, 0.4) is 0 Å². The lowest BCUT2D eigenvalue weighted by Gasteiger charge is -2.29. The molecule has 34 heavy (non-hydrogen) atoms. The molecule has 11 heteroatoms. The summed E-state index contributed by atoms with van der Waals surface area (Å²) < 4.78 is 22.7. The highest BCUT2D eigenvalue weighted by atomic mass is 35.5. The van der Waals surface area contributed by atoms with Crippen LogP contribution in [0.25, 0.3) is 10.2 Å². The minimum atomic E-state index is -0.194.